The quantitative estimate of drug-likeness (QED) is 0.390. The van der Waals surface area contributed by atoms with Crippen molar-refractivity contribution in [2.24, 2.45) is 0 Å². The molecule has 4 rings (SSSR count). The molecule has 0 heterocycles. The van der Waals surface area contributed by atoms with Crippen LogP contribution < -0.4 is 15.6 Å². The molecule has 0 N–H and O–H groups in total. The maximum atomic E-state index is 13.9. The molecule has 0 aromatic heterocycles. The number of rotatable bonds is 4. The molecule has 0 atom stereocenters. The van der Waals surface area contributed by atoms with E-state index in [1.165, 1.54) is 27.5 Å². The Bertz CT molecular complexity index is 1050. The zero-order chi connectivity index (χ0) is 21.5. The molecule has 0 unspecified atom stereocenters. The zero-order valence-electron chi connectivity index (χ0n) is 17.8. The Morgan fingerprint density at radius 1 is 0.533 bits per heavy atom. The SMILES string of the molecule is CC1=C(C)C([Si](c2ccccc2)(c2ccc(F)cc2)c2ccc(F)cc2)C(C)=C1C. The van der Waals surface area contributed by atoms with Crippen molar-refractivity contribution in [1.82, 2.24) is 0 Å². The van der Waals surface area contributed by atoms with Gasteiger partial charge in [0.15, 0.2) is 8.07 Å². The molecule has 3 aromatic carbocycles. The molecule has 0 radical (unpaired) electrons. The summed E-state index contributed by atoms with van der Waals surface area (Å²) in [5.41, 5.74) is 5.56. The average Bonchev–Trinajstić information content (AvgIpc) is 2.95. The Morgan fingerprint density at radius 3 is 1.30 bits per heavy atom. The van der Waals surface area contributed by atoms with Gasteiger partial charge in [-0.15, -0.1) is 0 Å². The molecule has 152 valence electrons. The lowest BCUT2D eigenvalue weighted by molar-refractivity contribution is 0.628. The molecule has 0 nitrogen and oxygen atoms in total. The van der Waals surface area contributed by atoms with Gasteiger partial charge in [-0.2, -0.15) is 0 Å². The number of benzene rings is 3. The summed E-state index contributed by atoms with van der Waals surface area (Å²) in [5.74, 6) is -0.487. The van der Waals surface area contributed by atoms with Crippen LogP contribution in [0.3, 0.4) is 0 Å². The Kier molecular flexibility index (Phi) is 5.33. The topological polar surface area (TPSA) is 0 Å². The van der Waals surface area contributed by atoms with Crippen molar-refractivity contribution in [1.29, 1.82) is 0 Å². The molecule has 0 bridgehead atoms. The fourth-order valence-corrected chi connectivity index (χ4v) is 11.0. The van der Waals surface area contributed by atoms with Crippen molar-refractivity contribution < 1.29 is 8.78 Å². The van der Waals surface area contributed by atoms with Gasteiger partial charge in [0.1, 0.15) is 11.6 Å². The Hall–Kier alpha value is -2.78. The van der Waals surface area contributed by atoms with Gasteiger partial charge in [0.25, 0.3) is 0 Å². The second-order valence-electron chi connectivity index (χ2n) is 8.24. The maximum absolute atomic E-state index is 13.9. The van der Waals surface area contributed by atoms with Gasteiger partial charge < -0.3 is 0 Å². The number of hydrogen-bond acceptors (Lipinski definition) is 0. The van der Waals surface area contributed by atoms with Crippen LogP contribution in [0.4, 0.5) is 8.78 Å². The van der Waals surface area contributed by atoms with Crippen LogP contribution in [0, 0.1) is 11.6 Å². The second kappa shape index (κ2) is 7.80. The summed E-state index contributed by atoms with van der Waals surface area (Å²) in [6.45, 7) is 8.82. The van der Waals surface area contributed by atoms with Crippen LogP contribution in [0.2, 0.25) is 5.54 Å². The third kappa shape index (κ3) is 3.09. The van der Waals surface area contributed by atoms with Gasteiger partial charge in [0.05, 0.1) is 0 Å². The molecule has 0 spiro atoms. The fourth-order valence-electron chi connectivity index (χ4n) is 5.13. The van der Waals surface area contributed by atoms with Crippen molar-refractivity contribution in [2.45, 2.75) is 33.2 Å². The summed E-state index contributed by atoms with van der Waals surface area (Å²) >= 11 is 0. The summed E-state index contributed by atoms with van der Waals surface area (Å²) in [6, 6.07) is 24.5. The number of hydrogen-bond donors (Lipinski definition) is 0. The highest BCUT2D eigenvalue weighted by Crippen LogP contribution is 2.46. The van der Waals surface area contributed by atoms with Crippen LogP contribution in [0.1, 0.15) is 27.7 Å². The van der Waals surface area contributed by atoms with Crippen LogP contribution in [-0.2, 0) is 0 Å². The summed E-state index contributed by atoms with van der Waals surface area (Å²) in [7, 11) is -2.70. The van der Waals surface area contributed by atoms with E-state index in [1.807, 2.05) is 30.3 Å². The molecule has 0 aliphatic heterocycles. The maximum Gasteiger partial charge on any atom is 0.159 e. The normalized spacial score (nSPS) is 15.3. The van der Waals surface area contributed by atoms with Crippen LogP contribution in [-0.4, -0.2) is 8.07 Å². The average molecular weight is 417 g/mol. The van der Waals surface area contributed by atoms with E-state index in [2.05, 4.69) is 52.0 Å². The smallest absolute Gasteiger partial charge is 0.159 e. The third-order valence-corrected chi connectivity index (χ3v) is 12.3. The minimum Gasteiger partial charge on any atom is -0.207 e. The van der Waals surface area contributed by atoms with Crippen molar-refractivity contribution in [2.75, 3.05) is 0 Å². The first-order valence-electron chi connectivity index (χ1n) is 10.3. The molecule has 0 amide bonds. The molecule has 0 saturated heterocycles. The van der Waals surface area contributed by atoms with E-state index in [-0.39, 0.29) is 17.2 Å². The fraction of sp³-hybridized carbons (Fsp3) is 0.185. The first-order valence-corrected chi connectivity index (χ1v) is 12.4. The molecule has 1 aliphatic rings. The minimum atomic E-state index is -2.70. The van der Waals surface area contributed by atoms with E-state index >= 15 is 0 Å². The first kappa shape index (κ1) is 20.5. The Balaban J connectivity index is 2.15. The standard InChI is InChI=1S/C27H26F2Si/c1-18-19(2)21(4)27(20(18)3)30(24-8-6-5-7-9-24,25-14-10-22(28)11-15-25)26-16-12-23(29)13-17-26/h5-17,27H,1-4H3. The zero-order valence-corrected chi connectivity index (χ0v) is 18.8. The molecular weight excluding hydrogens is 390 g/mol. The molecule has 0 saturated carbocycles. The van der Waals surface area contributed by atoms with E-state index in [4.69, 9.17) is 0 Å². The van der Waals surface area contributed by atoms with Crippen molar-refractivity contribution >= 4 is 23.6 Å². The van der Waals surface area contributed by atoms with Crippen molar-refractivity contribution in [3.63, 3.8) is 0 Å². The minimum absolute atomic E-state index is 0.191. The van der Waals surface area contributed by atoms with Gasteiger partial charge in [0, 0.05) is 5.54 Å². The lowest BCUT2D eigenvalue weighted by Crippen LogP contribution is -2.70. The van der Waals surface area contributed by atoms with Gasteiger partial charge >= 0.3 is 0 Å². The summed E-state index contributed by atoms with van der Waals surface area (Å²) in [4.78, 5) is 0. The molecule has 3 heteroatoms. The van der Waals surface area contributed by atoms with E-state index < -0.39 is 8.07 Å². The van der Waals surface area contributed by atoms with Crippen LogP contribution in [0.5, 0.6) is 0 Å². The highest BCUT2D eigenvalue weighted by atomic mass is 28.3. The summed E-state index contributed by atoms with van der Waals surface area (Å²) < 4.78 is 27.9. The summed E-state index contributed by atoms with van der Waals surface area (Å²) in [5, 5.41) is 3.51. The Morgan fingerprint density at radius 2 is 0.900 bits per heavy atom. The van der Waals surface area contributed by atoms with Crippen LogP contribution in [0.15, 0.2) is 101 Å². The van der Waals surface area contributed by atoms with Crippen molar-refractivity contribution in [3.8, 4) is 0 Å². The molecule has 1 aliphatic carbocycles. The predicted molar refractivity (Wildman–Crippen MR) is 124 cm³/mol. The second-order valence-corrected chi connectivity index (χ2v) is 12.2. The molecular formula is C27H26F2Si. The van der Waals surface area contributed by atoms with E-state index in [0.29, 0.717) is 0 Å². The lowest BCUT2D eigenvalue weighted by atomic mass is 10.1. The summed E-state index contributed by atoms with van der Waals surface area (Å²) in [6.07, 6.45) is 0. The third-order valence-electron chi connectivity index (χ3n) is 6.87. The molecule has 30 heavy (non-hydrogen) atoms. The van der Waals surface area contributed by atoms with E-state index in [9.17, 15) is 8.78 Å². The van der Waals surface area contributed by atoms with Crippen molar-refractivity contribution in [3.05, 3.63) is 113 Å². The lowest BCUT2D eigenvalue weighted by Gasteiger charge is -2.41. The highest BCUT2D eigenvalue weighted by Gasteiger charge is 2.50. The predicted octanol–water partition coefficient (Wildman–Crippen LogP) is 5.49. The van der Waals surface area contributed by atoms with Crippen LogP contribution in [0.25, 0.3) is 0 Å². The van der Waals surface area contributed by atoms with Crippen LogP contribution >= 0.6 is 0 Å². The largest absolute Gasteiger partial charge is 0.207 e. The number of halogens is 2. The van der Waals surface area contributed by atoms with Gasteiger partial charge in [-0.25, -0.2) is 8.78 Å². The highest BCUT2D eigenvalue weighted by molar-refractivity contribution is 7.13. The monoisotopic (exact) mass is 416 g/mol. The van der Waals surface area contributed by atoms with Gasteiger partial charge in [-0.3, -0.25) is 0 Å². The van der Waals surface area contributed by atoms with Gasteiger partial charge in [-0.05, 0) is 78.7 Å². The molecule has 0 fully saturated rings. The first-order chi connectivity index (χ1) is 14.4. The van der Waals surface area contributed by atoms with Gasteiger partial charge in [-0.1, -0.05) is 65.7 Å². The number of allylic oxidation sites excluding steroid dienone is 4. The Labute approximate surface area is 178 Å². The van der Waals surface area contributed by atoms with E-state index in [0.717, 1.165) is 10.4 Å². The molecule has 3 aromatic rings. The van der Waals surface area contributed by atoms with E-state index in [1.54, 1.807) is 24.3 Å². The van der Waals surface area contributed by atoms with Gasteiger partial charge in [0.2, 0.25) is 0 Å².